The van der Waals surface area contributed by atoms with E-state index in [0.29, 0.717) is 10.9 Å². The van der Waals surface area contributed by atoms with Crippen LogP contribution >= 0.6 is 11.8 Å². The highest BCUT2D eigenvalue weighted by molar-refractivity contribution is 7.99. The van der Waals surface area contributed by atoms with E-state index in [1.165, 1.54) is 18.9 Å². The summed E-state index contributed by atoms with van der Waals surface area (Å²) < 4.78 is 11.7. The fourth-order valence-corrected chi connectivity index (χ4v) is 2.25. The summed E-state index contributed by atoms with van der Waals surface area (Å²) in [5.41, 5.74) is 0.822. The van der Waals surface area contributed by atoms with Crippen LogP contribution in [0.25, 0.3) is 5.69 Å². The first-order chi connectivity index (χ1) is 9.26. The standard InChI is InChI=1S/C12H13N3O3S/c1-17-10-6-4-3-5-9(10)15-8-13-14-12(15)19-7-11(16)18-2/h3-6,8H,7H2,1-2H3. The molecule has 100 valence electrons. The van der Waals surface area contributed by atoms with Crippen molar-refractivity contribution in [1.82, 2.24) is 14.8 Å². The number of thioether (sulfide) groups is 1. The Kier molecular flexibility index (Phi) is 4.40. The predicted octanol–water partition coefficient (Wildman–Crippen LogP) is 1.54. The van der Waals surface area contributed by atoms with Gasteiger partial charge in [-0.3, -0.25) is 9.36 Å². The molecule has 0 atom stereocenters. The van der Waals surface area contributed by atoms with Gasteiger partial charge in [0.2, 0.25) is 0 Å². The first-order valence-electron chi connectivity index (χ1n) is 5.49. The molecule has 0 fully saturated rings. The highest BCUT2D eigenvalue weighted by Gasteiger charge is 2.12. The summed E-state index contributed by atoms with van der Waals surface area (Å²) in [6.07, 6.45) is 1.58. The number of rotatable bonds is 5. The molecule has 2 rings (SSSR count). The van der Waals surface area contributed by atoms with E-state index >= 15 is 0 Å². The van der Waals surface area contributed by atoms with Crippen LogP contribution in [-0.4, -0.2) is 40.7 Å². The van der Waals surface area contributed by atoms with E-state index in [9.17, 15) is 4.79 Å². The van der Waals surface area contributed by atoms with Gasteiger partial charge in [-0.2, -0.15) is 0 Å². The minimum Gasteiger partial charge on any atom is -0.495 e. The summed E-state index contributed by atoms with van der Waals surface area (Å²) in [6.45, 7) is 0. The van der Waals surface area contributed by atoms with E-state index in [1.807, 2.05) is 24.3 Å². The first kappa shape index (κ1) is 13.4. The fraction of sp³-hybridized carbons (Fsp3) is 0.250. The van der Waals surface area contributed by atoms with Crippen molar-refractivity contribution >= 4 is 17.7 Å². The number of methoxy groups -OCH3 is 2. The Labute approximate surface area is 114 Å². The highest BCUT2D eigenvalue weighted by Crippen LogP contribution is 2.26. The maximum absolute atomic E-state index is 11.2. The molecular weight excluding hydrogens is 266 g/mol. The lowest BCUT2D eigenvalue weighted by atomic mass is 10.3. The van der Waals surface area contributed by atoms with Gasteiger partial charge in [0.25, 0.3) is 0 Å². The Morgan fingerprint density at radius 2 is 2.16 bits per heavy atom. The molecule has 19 heavy (non-hydrogen) atoms. The van der Waals surface area contributed by atoms with Gasteiger partial charge in [0, 0.05) is 0 Å². The van der Waals surface area contributed by atoms with Crippen LogP contribution in [0.5, 0.6) is 5.75 Å². The van der Waals surface area contributed by atoms with Gasteiger partial charge < -0.3 is 9.47 Å². The summed E-state index contributed by atoms with van der Waals surface area (Å²) in [6, 6.07) is 7.52. The van der Waals surface area contributed by atoms with Crippen molar-refractivity contribution in [1.29, 1.82) is 0 Å². The molecule has 7 heteroatoms. The summed E-state index contributed by atoms with van der Waals surface area (Å²) in [7, 11) is 2.96. The smallest absolute Gasteiger partial charge is 0.316 e. The number of esters is 1. The number of para-hydroxylation sites is 2. The third-order valence-corrected chi connectivity index (χ3v) is 3.32. The quantitative estimate of drug-likeness (QED) is 0.611. The molecule has 0 N–H and O–H groups in total. The highest BCUT2D eigenvalue weighted by atomic mass is 32.2. The van der Waals surface area contributed by atoms with E-state index in [0.717, 1.165) is 5.69 Å². The number of nitrogens with zero attached hydrogens (tertiary/aromatic N) is 3. The third-order valence-electron chi connectivity index (χ3n) is 2.41. The number of benzene rings is 1. The fourth-order valence-electron chi connectivity index (χ4n) is 1.50. The van der Waals surface area contributed by atoms with E-state index in [1.54, 1.807) is 18.0 Å². The average molecular weight is 279 g/mol. The van der Waals surface area contributed by atoms with Gasteiger partial charge in [-0.15, -0.1) is 10.2 Å². The summed E-state index contributed by atoms with van der Waals surface area (Å²) in [4.78, 5) is 11.2. The Morgan fingerprint density at radius 3 is 2.89 bits per heavy atom. The monoisotopic (exact) mass is 279 g/mol. The van der Waals surface area contributed by atoms with Crippen LogP contribution in [0.15, 0.2) is 35.7 Å². The van der Waals surface area contributed by atoms with Crippen molar-refractivity contribution in [3.8, 4) is 11.4 Å². The van der Waals surface area contributed by atoms with Gasteiger partial charge in [0.15, 0.2) is 5.16 Å². The van der Waals surface area contributed by atoms with Gasteiger partial charge in [0.05, 0.1) is 25.7 Å². The largest absolute Gasteiger partial charge is 0.495 e. The SMILES string of the molecule is COC(=O)CSc1nncn1-c1ccccc1OC. The van der Waals surface area contributed by atoms with Gasteiger partial charge >= 0.3 is 5.97 Å². The van der Waals surface area contributed by atoms with Crippen LogP contribution in [0.1, 0.15) is 0 Å². The molecule has 1 aromatic heterocycles. The van der Waals surface area contributed by atoms with Gasteiger partial charge in [-0.25, -0.2) is 0 Å². The van der Waals surface area contributed by atoms with Crippen LogP contribution in [-0.2, 0) is 9.53 Å². The van der Waals surface area contributed by atoms with Crippen molar-refractivity contribution in [2.75, 3.05) is 20.0 Å². The number of hydrogen-bond donors (Lipinski definition) is 0. The zero-order chi connectivity index (χ0) is 13.7. The van der Waals surface area contributed by atoms with Crippen molar-refractivity contribution < 1.29 is 14.3 Å². The predicted molar refractivity (Wildman–Crippen MR) is 70.7 cm³/mol. The molecule has 1 heterocycles. The van der Waals surface area contributed by atoms with Crippen LogP contribution in [0, 0.1) is 0 Å². The summed E-state index contributed by atoms with van der Waals surface area (Å²) >= 11 is 1.26. The Balaban J connectivity index is 2.26. The molecule has 0 radical (unpaired) electrons. The summed E-state index contributed by atoms with van der Waals surface area (Å²) in [5.74, 6) is 0.589. The lowest BCUT2D eigenvalue weighted by Crippen LogP contribution is -2.05. The van der Waals surface area contributed by atoms with Crippen molar-refractivity contribution in [2.24, 2.45) is 0 Å². The third kappa shape index (κ3) is 3.05. The topological polar surface area (TPSA) is 66.2 Å². The number of ether oxygens (including phenoxy) is 2. The van der Waals surface area contributed by atoms with Crippen LogP contribution in [0.3, 0.4) is 0 Å². The summed E-state index contributed by atoms with van der Waals surface area (Å²) in [5, 5.41) is 8.46. The molecule has 1 aromatic carbocycles. The molecular formula is C12H13N3O3S. The molecule has 0 saturated heterocycles. The Bertz CT molecular complexity index is 571. The first-order valence-corrected chi connectivity index (χ1v) is 6.48. The van der Waals surface area contributed by atoms with E-state index in [-0.39, 0.29) is 11.7 Å². The zero-order valence-corrected chi connectivity index (χ0v) is 11.4. The van der Waals surface area contributed by atoms with Gasteiger partial charge in [0.1, 0.15) is 12.1 Å². The van der Waals surface area contributed by atoms with Crippen LogP contribution in [0.4, 0.5) is 0 Å². The molecule has 2 aromatic rings. The Hall–Kier alpha value is -2.02. The number of hydrogen-bond acceptors (Lipinski definition) is 6. The normalized spacial score (nSPS) is 10.2. The molecule has 0 aliphatic rings. The molecule has 0 aliphatic carbocycles. The second-order valence-corrected chi connectivity index (χ2v) is 4.46. The second kappa shape index (κ2) is 6.24. The van der Waals surface area contributed by atoms with E-state index in [4.69, 9.17) is 4.74 Å². The zero-order valence-electron chi connectivity index (χ0n) is 10.6. The molecule has 0 aliphatic heterocycles. The lowest BCUT2D eigenvalue weighted by molar-refractivity contribution is -0.137. The Morgan fingerprint density at radius 1 is 1.37 bits per heavy atom. The maximum Gasteiger partial charge on any atom is 0.316 e. The second-order valence-electron chi connectivity index (χ2n) is 3.52. The minimum absolute atomic E-state index is 0.185. The van der Waals surface area contributed by atoms with E-state index in [2.05, 4.69) is 14.9 Å². The maximum atomic E-state index is 11.2. The molecule has 0 spiro atoms. The van der Waals surface area contributed by atoms with Crippen molar-refractivity contribution in [3.05, 3.63) is 30.6 Å². The van der Waals surface area contributed by atoms with Crippen molar-refractivity contribution in [2.45, 2.75) is 5.16 Å². The molecule has 0 amide bonds. The van der Waals surface area contributed by atoms with E-state index < -0.39 is 0 Å². The average Bonchev–Trinajstić information content (AvgIpc) is 2.92. The molecule has 0 saturated carbocycles. The molecule has 6 nitrogen and oxygen atoms in total. The molecule has 0 bridgehead atoms. The minimum atomic E-state index is -0.306. The number of aromatic nitrogens is 3. The van der Waals surface area contributed by atoms with Crippen LogP contribution < -0.4 is 4.74 Å². The lowest BCUT2D eigenvalue weighted by Gasteiger charge is -2.10. The van der Waals surface area contributed by atoms with Crippen molar-refractivity contribution in [3.63, 3.8) is 0 Å². The van der Waals surface area contributed by atoms with Crippen LogP contribution in [0.2, 0.25) is 0 Å². The van der Waals surface area contributed by atoms with Gasteiger partial charge in [-0.1, -0.05) is 23.9 Å². The van der Waals surface area contributed by atoms with Gasteiger partial charge in [-0.05, 0) is 12.1 Å². The number of carbonyl (C=O) groups excluding carboxylic acids is 1. The number of carbonyl (C=O) groups is 1. The molecule has 0 unspecified atom stereocenters.